The Kier molecular flexibility index (Phi) is 3.50. The van der Waals surface area contributed by atoms with Crippen LogP contribution in [-0.2, 0) is 4.79 Å². The highest BCUT2D eigenvalue weighted by atomic mass is 16.4. The molecule has 0 saturated carbocycles. The van der Waals surface area contributed by atoms with Crippen LogP contribution in [0.25, 0.3) is 0 Å². The molecule has 0 fully saturated rings. The summed E-state index contributed by atoms with van der Waals surface area (Å²) in [6.45, 7) is 11.4. The summed E-state index contributed by atoms with van der Waals surface area (Å²) in [4.78, 5) is 10.8. The molecule has 70 valence electrons. The average Bonchev–Trinajstić information content (AvgIpc) is 1.79. The number of aliphatic carboxylic acids is 1. The summed E-state index contributed by atoms with van der Waals surface area (Å²) in [5.74, 6) is -1.06. The van der Waals surface area contributed by atoms with E-state index in [0.29, 0.717) is 6.42 Å². The Morgan fingerprint density at radius 1 is 1.50 bits per heavy atom. The van der Waals surface area contributed by atoms with Crippen molar-refractivity contribution in [3.8, 4) is 0 Å². The van der Waals surface area contributed by atoms with Crippen LogP contribution < -0.4 is 0 Å². The van der Waals surface area contributed by atoms with Gasteiger partial charge in [-0.3, -0.25) is 4.79 Å². The van der Waals surface area contributed by atoms with E-state index in [-0.39, 0.29) is 11.3 Å². The van der Waals surface area contributed by atoms with Crippen molar-refractivity contribution < 1.29 is 9.90 Å². The summed E-state index contributed by atoms with van der Waals surface area (Å²) < 4.78 is 0. The molecule has 0 aromatic carbocycles. The minimum Gasteiger partial charge on any atom is -0.481 e. The van der Waals surface area contributed by atoms with Gasteiger partial charge in [0, 0.05) is 0 Å². The van der Waals surface area contributed by atoms with Crippen molar-refractivity contribution in [2.24, 2.45) is 11.3 Å². The molecular weight excluding hydrogens is 152 g/mol. The van der Waals surface area contributed by atoms with Gasteiger partial charge in [0.25, 0.3) is 0 Å². The predicted molar refractivity (Wildman–Crippen MR) is 50.0 cm³/mol. The SMILES string of the molecule is C=C(C)CC(C(=O)O)C(C)(C)C. The largest absolute Gasteiger partial charge is 0.481 e. The van der Waals surface area contributed by atoms with E-state index in [1.54, 1.807) is 0 Å². The molecule has 0 heterocycles. The van der Waals surface area contributed by atoms with Crippen LogP contribution >= 0.6 is 0 Å². The first-order valence-electron chi connectivity index (χ1n) is 4.12. The summed E-state index contributed by atoms with van der Waals surface area (Å²) in [5, 5.41) is 8.92. The molecule has 0 amide bonds. The number of hydrogen-bond acceptors (Lipinski definition) is 1. The smallest absolute Gasteiger partial charge is 0.307 e. The lowest BCUT2D eigenvalue weighted by Crippen LogP contribution is -2.28. The summed E-state index contributed by atoms with van der Waals surface area (Å²) in [6, 6.07) is 0. The zero-order valence-corrected chi connectivity index (χ0v) is 8.35. The molecule has 0 aliphatic heterocycles. The van der Waals surface area contributed by atoms with Crippen molar-refractivity contribution >= 4 is 5.97 Å². The molecule has 0 spiro atoms. The lowest BCUT2D eigenvalue weighted by Gasteiger charge is -2.26. The summed E-state index contributed by atoms with van der Waals surface area (Å²) in [6.07, 6.45) is 0.568. The van der Waals surface area contributed by atoms with Crippen molar-refractivity contribution in [2.45, 2.75) is 34.1 Å². The molecule has 1 N–H and O–H groups in total. The topological polar surface area (TPSA) is 37.3 Å². The van der Waals surface area contributed by atoms with Gasteiger partial charge in [-0.15, -0.1) is 6.58 Å². The van der Waals surface area contributed by atoms with Gasteiger partial charge in [-0.2, -0.15) is 0 Å². The van der Waals surface area contributed by atoms with Gasteiger partial charge in [0.1, 0.15) is 0 Å². The summed E-state index contributed by atoms with van der Waals surface area (Å²) in [7, 11) is 0. The number of carboxylic acid groups (broad SMARTS) is 1. The lowest BCUT2D eigenvalue weighted by molar-refractivity contribution is -0.145. The first-order valence-corrected chi connectivity index (χ1v) is 4.12. The summed E-state index contributed by atoms with van der Waals surface area (Å²) >= 11 is 0. The van der Waals surface area contributed by atoms with Crippen LogP contribution in [0, 0.1) is 11.3 Å². The van der Waals surface area contributed by atoms with Gasteiger partial charge >= 0.3 is 5.97 Å². The van der Waals surface area contributed by atoms with E-state index in [0.717, 1.165) is 5.57 Å². The molecule has 0 radical (unpaired) electrons. The van der Waals surface area contributed by atoms with E-state index in [9.17, 15) is 4.79 Å². The zero-order chi connectivity index (χ0) is 9.94. The lowest BCUT2D eigenvalue weighted by atomic mass is 9.77. The van der Waals surface area contributed by atoms with Crippen molar-refractivity contribution in [3.05, 3.63) is 12.2 Å². The van der Waals surface area contributed by atoms with Gasteiger partial charge in [-0.1, -0.05) is 26.3 Å². The van der Waals surface area contributed by atoms with E-state index in [2.05, 4.69) is 6.58 Å². The highest BCUT2D eigenvalue weighted by molar-refractivity contribution is 5.71. The fourth-order valence-corrected chi connectivity index (χ4v) is 1.11. The highest BCUT2D eigenvalue weighted by Crippen LogP contribution is 2.30. The summed E-state index contributed by atoms with van der Waals surface area (Å²) in [5.41, 5.74) is 0.738. The Hall–Kier alpha value is -0.790. The third kappa shape index (κ3) is 3.56. The van der Waals surface area contributed by atoms with Crippen LogP contribution in [-0.4, -0.2) is 11.1 Å². The van der Waals surface area contributed by atoms with Crippen molar-refractivity contribution in [3.63, 3.8) is 0 Å². The van der Waals surface area contributed by atoms with Gasteiger partial charge in [0.2, 0.25) is 0 Å². The normalized spacial score (nSPS) is 14.0. The van der Waals surface area contributed by atoms with E-state index < -0.39 is 5.97 Å². The third-order valence-electron chi connectivity index (χ3n) is 1.90. The molecule has 0 aliphatic rings. The number of allylic oxidation sites excluding steroid dienone is 1. The quantitative estimate of drug-likeness (QED) is 0.661. The molecule has 0 aromatic heterocycles. The van der Waals surface area contributed by atoms with Gasteiger partial charge < -0.3 is 5.11 Å². The van der Waals surface area contributed by atoms with Crippen LogP contribution in [0.5, 0.6) is 0 Å². The standard InChI is InChI=1S/C10H18O2/c1-7(2)6-8(9(11)12)10(3,4)5/h8H,1,6H2,2-5H3,(H,11,12). The Balaban J connectivity index is 4.46. The Labute approximate surface area is 74.3 Å². The van der Waals surface area contributed by atoms with E-state index in [4.69, 9.17) is 5.11 Å². The predicted octanol–water partition coefficient (Wildman–Crippen LogP) is 2.70. The van der Waals surface area contributed by atoms with Crippen LogP contribution in [0.4, 0.5) is 0 Å². The average molecular weight is 170 g/mol. The maximum atomic E-state index is 10.8. The minimum absolute atomic E-state index is 0.190. The van der Waals surface area contributed by atoms with Crippen LogP contribution in [0.1, 0.15) is 34.1 Å². The first kappa shape index (κ1) is 11.2. The second kappa shape index (κ2) is 3.74. The van der Waals surface area contributed by atoms with Crippen molar-refractivity contribution in [1.82, 2.24) is 0 Å². The van der Waals surface area contributed by atoms with Gasteiger partial charge in [-0.25, -0.2) is 0 Å². The van der Waals surface area contributed by atoms with Gasteiger partial charge in [0.05, 0.1) is 5.92 Å². The Bertz CT molecular complexity index is 187. The van der Waals surface area contributed by atoms with Crippen LogP contribution in [0.15, 0.2) is 12.2 Å². The van der Waals surface area contributed by atoms with E-state index in [1.807, 2.05) is 27.7 Å². The van der Waals surface area contributed by atoms with Crippen LogP contribution in [0.3, 0.4) is 0 Å². The second-order valence-electron chi connectivity index (χ2n) is 4.42. The molecular formula is C10H18O2. The molecule has 0 aliphatic carbocycles. The molecule has 0 bridgehead atoms. The van der Waals surface area contributed by atoms with Crippen molar-refractivity contribution in [2.75, 3.05) is 0 Å². The fourth-order valence-electron chi connectivity index (χ4n) is 1.11. The number of carboxylic acids is 1. The van der Waals surface area contributed by atoms with Gasteiger partial charge in [0.15, 0.2) is 0 Å². The molecule has 0 aromatic rings. The van der Waals surface area contributed by atoms with E-state index in [1.165, 1.54) is 0 Å². The van der Waals surface area contributed by atoms with Gasteiger partial charge in [-0.05, 0) is 18.8 Å². The Morgan fingerprint density at radius 3 is 2.00 bits per heavy atom. The maximum Gasteiger partial charge on any atom is 0.307 e. The minimum atomic E-state index is -0.731. The third-order valence-corrected chi connectivity index (χ3v) is 1.90. The monoisotopic (exact) mass is 170 g/mol. The highest BCUT2D eigenvalue weighted by Gasteiger charge is 2.30. The fraction of sp³-hybridized carbons (Fsp3) is 0.700. The number of rotatable bonds is 3. The maximum absolute atomic E-state index is 10.8. The number of hydrogen-bond donors (Lipinski definition) is 1. The number of carbonyl (C=O) groups is 1. The zero-order valence-electron chi connectivity index (χ0n) is 8.35. The molecule has 2 heteroatoms. The first-order chi connectivity index (χ1) is 5.25. The second-order valence-corrected chi connectivity index (χ2v) is 4.42. The van der Waals surface area contributed by atoms with Crippen molar-refractivity contribution in [1.29, 1.82) is 0 Å². The molecule has 0 rings (SSSR count). The molecule has 1 unspecified atom stereocenters. The molecule has 12 heavy (non-hydrogen) atoms. The Morgan fingerprint density at radius 2 is 1.92 bits per heavy atom. The van der Waals surface area contributed by atoms with E-state index >= 15 is 0 Å². The molecule has 0 saturated heterocycles. The molecule has 1 atom stereocenters. The molecule has 2 nitrogen and oxygen atoms in total. The van der Waals surface area contributed by atoms with Crippen LogP contribution in [0.2, 0.25) is 0 Å².